The van der Waals surface area contributed by atoms with Crippen molar-refractivity contribution in [2.24, 2.45) is 0 Å². The van der Waals surface area contributed by atoms with Crippen molar-refractivity contribution >= 4 is 33.9 Å². The number of carbonyl (C=O) groups excluding carboxylic acids is 2. The molecule has 0 radical (unpaired) electrons. The molecule has 0 unspecified atom stereocenters. The molecule has 0 aliphatic heterocycles. The van der Waals surface area contributed by atoms with E-state index in [1.54, 1.807) is 0 Å². The second-order valence-corrected chi connectivity index (χ2v) is 7.55. The van der Waals surface area contributed by atoms with Crippen molar-refractivity contribution in [3.63, 3.8) is 0 Å². The Balaban J connectivity index is 2.03. The number of hydrogen-bond acceptors (Lipinski definition) is 6. The molecule has 0 spiro atoms. The molecule has 0 aliphatic rings. The van der Waals surface area contributed by atoms with Crippen LogP contribution in [0.15, 0.2) is 66.8 Å². The fourth-order valence-corrected chi connectivity index (χ4v) is 3.57. The summed E-state index contributed by atoms with van der Waals surface area (Å²) in [7, 11) is 0. The van der Waals surface area contributed by atoms with Gasteiger partial charge >= 0.3 is 12.3 Å². The highest BCUT2D eigenvalue weighted by Crippen LogP contribution is 2.43. The van der Waals surface area contributed by atoms with E-state index in [0.29, 0.717) is 45.9 Å². The third kappa shape index (κ3) is 6.16. The lowest BCUT2D eigenvalue weighted by molar-refractivity contribution is 0.0999. The van der Waals surface area contributed by atoms with E-state index < -0.39 is 12.3 Å². The van der Waals surface area contributed by atoms with Crippen LogP contribution in [0.3, 0.4) is 0 Å². The lowest BCUT2D eigenvalue weighted by Gasteiger charge is -2.17. The molecule has 178 valence electrons. The van der Waals surface area contributed by atoms with Gasteiger partial charge in [0.15, 0.2) is 0 Å². The first-order valence-corrected chi connectivity index (χ1v) is 11.5. The molecule has 0 atom stereocenters. The minimum Gasteiger partial charge on any atom is -0.434 e. The number of carbonyl (C=O) groups is 2. The second kappa shape index (κ2) is 12.4. The summed E-state index contributed by atoms with van der Waals surface area (Å²) in [6, 6.07) is 13.1. The Morgan fingerprint density at radius 3 is 1.74 bits per heavy atom. The van der Waals surface area contributed by atoms with Crippen molar-refractivity contribution in [2.75, 3.05) is 13.2 Å². The summed E-state index contributed by atoms with van der Waals surface area (Å²) in [5.74, 6) is 0.726. The molecule has 6 nitrogen and oxygen atoms in total. The Labute approximate surface area is 199 Å². The third-order valence-electron chi connectivity index (χ3n) is 5.25. The fourth-order valence-electron chi connectivity index (χ4n) is 3.57. The first-order chi connectivity index (χ1) is 16.6. The Morgan fingerprint density at radius 2 is 1.24 bits per heavy atom. The van der Waals surface area contributed by atoms with E-state index in [0.717, 1.165) is 12.0 Å². The summed E-state index contributed by atoms with van der Waals surface area (Å²) < 4.78 is 21.9. The summed E-state index contributed by atoms with van der Waals surface area (Å²) in [4.78, 5) is 24.9. The Morgan fingerprint density at radius 1 is 0.735 bits per heavy atom. The fraction of sp³-hybridized carbons (Fsp3) is 0.286. The number of rotatable bonds is 9. The van der Waals surface area contributed by atoms with Crippen LogP contribution in [-0.4, -0.2) is 25.5 Å². The van der Waals surface area contributed by atoms with Gasteiger partial charge in [-0.2, -0.15) is 0 Å². The largest absolute Gasteiger partial charge is 0.513 e. The van der Waals surface area contributed by atoms with Crippen LogP contribution < -0.4 is 9.47 Å². The highest BCUT2D eigenvalue weighted by atomic mass is 16.7. The predicted molar refractivity (Wildman–Crippen MR) is 134 cm³/mol. The maximum atomic E-state index is 12.5. The van der Waals surface area contributed by atoms with Crippen LogP contribution >= 0.6 is 0 Å². The monoisotopic (exact) mass is 462 g/mol. The number of ether oxygens (including phenoxy) is 4. The summed E-state index contributed by atoms with van der Waals surface area (Å²) >= 11 is 0. The van der Waals surface area contributed by atoms with E-state index in [9.17, 15) is 9.59 Å². The Bertz CT molecular complexity index is 1210. The quantitative estimate of drug-likeness (QED) is 0.108. The average Bonchev–Trinajstić information content (AvgIpc) is 2.86. The van der Waals surface area contributed by atoms with Gasteiger partial charge in [0.25, 0.3) is 0 Å². The van der Waals surface area contributed by atoms with Crippen LogP contribution in [-0.2, 0) is 15.9 Å². The van der Waals surface area contributed by atoms with Crippen LogP contribution in [0.1, 0.15) is 39.2 Å². The molecular weight excluding hydrogens is 432 g/mol. The molecule has 0 saturated carbocycles. The molecule has 0 aromatic heterocycles. The number of aryl methyl sites for hydroxylation is 1. The Kier molecular flexibility index (Phi) is 9.09. The van der Waals surface area contributed by atoms with Gasteiger partial charge in [0.1, 0.15) is 11.5 Å². The van der Waals surface area contributed by atoms with Gasteiger partial charge in [-0.25, -0.2) is 9.59 Å². The topological polar surface area (TPSA) is 71.1 Å². The summed E-state index contributed by atoms with van der Waals surface area (Å²) in [5, 5.41) is 2.55. The minimum atomic E-state index is -0.785. The van der Waals surface area contributed by atoms with E-state index in [4.69, 9.17) is 18.9 Å². The summed E-state index contributed by atoms with van der Waals surface area (Å²) in [6.45, 7) is 6.29. The molecule has 0 saturated heterocycles. The van der Waals surface area contributed by atoms with Gasteiger partial charge in [-0.15, -0.1) is 0 Å². The highest BCUT2D eigenvalue weighted by Gasteiger charge is 2.21. The SMILES string of the molecule is C/C=C/CCOC(=O)Oc1c2ccccc2c(OC(=O)OCC/C=C/C)c2cc(CC)ccc12. The van der Waals surface area contributed by atoms with Gasteiger partial charge in [0.05, 0.1) is 13.2 Å². The van der Waals surface area contributed by atoms with Gasteiger partial charge in [-0.3, -0.25) is 0 Å². The summed E-state index contributed by atoms with van der Waals surface area (Å²) in [6.07, 6.45) is 8.05. The molecule has 34 heavy (non-hydrogen) atoms. The van der Waals surface area contributed by atoms with Crippen LogP contribution in [0.5, 0.6) is 11.5 Å². The lowest BCUT2D eigenvalue weighted by atomic mass is 9.98. The molecule has 3 rings (SSSR count). The van der Waals surface area contributed by atoms with Crippen molar-refractivity contribution in [1.29, 1.82) is 0 Å². The van der Waals surface area contributed by atoms with Crippen LogP contribution in [0.2, 0.25) is 0 Å². The van der Waals surface area contributed by atoms with E-state index in [1.807, 2.05) is 87.5 Å². The Hall–Kier alpha value is -3.80. The van der Waals surface area contributed by atoms with E-state index in [-0.39, 0.29) is 13.2 Å². The van der Waals surface area contributed by atoms with Crippen LogP contribution in [0.25, 0.3) is 21.5 Å². The van der Waals surface area contributed by atoms with Crippen molar-refractivity contribution in [3.8, 4) is 11.5 Å². The van der Waals surface area contributed by atoms with Crippen LogP contribution in [0.4, 0.5) is 9.59 Å². The number of allylic oxidation sites excluding steroid dienone is 2. The van der Waals surface area contributed by atoms with Gasteiger partial charge in [0, 0.05) is 21.5 Å². The minimum absolute atomic E-state index is 0.222. The standard InChI is InChI=1S/C28H30O6/c1-4-7-11-17-31-27(29)33-25-21-13-9-10-14-22(21)26(34-28(30)32-18-12-8-5-2)24-19-20(6-3)15-16-23(24)25/h4-5,7-10,13-16,19H,6,11-12,17-18H2,1-3H3/b7-4+,8-5+. The van der Waals surface area contributed by atoms with Crippen LogP contribution in [0, 0.1) is 0 Å². The lowest BCUT2D eigenvalue weighted by Crippen LogP contribution is -2.13. The first kappa shape index (κ1) is 24.8. The maximum Gasteiger partial charge on any atom is 0.513 e. The molecule has 6 heteroatoms. The zero-order valence-corrected chi connectivity index (χ0v) is 19.8. The molecular formula is C28H30O6. The number of benzene rings is 3. The number of hydrogen-bond donors (Lipinski definition) is 0. The first-order valence-electron chi connectivity index (χ1n) is 11.5. The average molecular weight is 463 g/mol. The van der Waals surface area contributed by atoms with Gasteiger partial charge in [0.2, 0.25) is 0 Å². The molecule has 0 amide bonds. The normalized spacial score (nSPS) is 11.4. The van der Waals surface area contributed by atoms with Gasteiger partial charge < -0.3 is 18.9 Å². The van der Waals surface area contributed by atoms with E-state index in [1.165, 1.54) is 0 Å². The van der Waals surface area contributed by atoms with Crippen molar-refractivity contribution in [3.05, 3.63) is 72.3 Å². The zero-order valence-electron chi connectivity index (χ0n) is 19.8. The second-order valence-electron chi connectivity index (χ2n) is 7.55. The highest BCUT2D eigenvalue weighted by molar-refractivity contribution is 6.12. The van der Waals surface area contributed by atoms with Gasteiger partial charge in [-0.05, 0) is 44.7 Å². The molecule has 0 heterocycles. The zero-order chi connectivity index (χ0) is 24.3. The molecule has 0 bridgehead atoms. The third-order valence-corrected chi connectivity index (χ3v) is 5.25. The van der Waals surface area contributed by atoms with Crippen molar-refractivity contribution < 1.29 is 28.5 Å². The molecule has 0 N–H and O–H groups in total. The summed E-state index contributed by atoms with van der Waals surface area (Å²) in [5.41, 5.74) is 1.05. The van der Waals surface area contributed by atoms with E-state index >= 15 is 0 Å². The van der Waals surface area contributed by atoms with E-state index in [2.05, 4.69) is 0 Å². The molecule has 0 fully saturated rings. The molecule has 3 aromatic carbocycles. The molecule has 3 aromatic rings. The van der Waals surface area contributed by atoms with Crippen molar-refractivity contribution in [2.45, 2.75) is 40.0 Å². The molecule has 0 aliphatic carbocycles. The maximum absolute atomic E-state index is 12.5. The smallest absolute Gasteiger partial charge is 0.434 e. The predicted octanol–water partition coefficient (Wildman–Crippen LogP) is 7.52. The number of fused-ring (bicyclic) bond motifs is 2. The van der Waals surface area contributed by atoms with Crippen molar-refractivity contribution in [1.82, 2.24) is 0 Å². The van der Waals surface area contributed by atoms with Gasteiger partial charge in [-0.1, -0.05) is 67.6 Å².